The lowest BCUT2D eigenvalue weighted by atomic mass is 9.97. The van der Waals surface area contributed by atoms with Crippen LogP contribution >= 0.6 is 0 Å². The van der Waals surface area contributed by atoms with Gasteiger partial charge in [-0.05, 0) is 31.9 Å². The zero-order chi connectivity index (χ0) is 17.8. The number of carbonyl (C=O) groups excluding carboxylic acids is 2. The molecule has 1 N–H and O–H groups in total. The fraction of sp³-hybridized carbons (Fsp3) is 0.368. The number of rotatable bonds is 3. The van der Waals surface area contributed by atoms with Crippen LogP contribution in [0.3, 0.4) is 0 Å². The van der Waals surface area contributed by atoms with E-state index in [9.17, 15) is 9.59 Å². The molecule has 0 bridgehead atoms. The van der Waals surface area contributed by atoms with Crippen molar-refractivity contribution >= 4 is 17.5 Å². The Kier molecular flexibility index (Phi) is 5.07. The standard InChI is InChI=1S/C19H22N4O2/c1-13-17(19(25)22-16-8-4-3-5-9-16)11-20-18(21-13)15-7-6-10-23(12-15)14(2)24/h3-5,8-9,11,15H,6-7,10,12H2,1-2H3,(H,22,25). The van der Waals surface area contributed by atoms with Crippen molar-refractivity contribution in [2.24, 2.45) is 0 Å². The average Bonchev–Trinajstić information content (AvgIpc) is 2.62. The van der Waals surface area contributed by atoms with E-state index in [2.05, 4.69) is 15.3 Å². The van der Waals surface area contributed by atoms with Crippen LogP contribution in [0.25, 0.3) is 0 Å². The second kappa shape index (κ2) is 7.42. The number of nitrogens with zero attached hydrogens (tertiary/aromatic N) is 3. The molecule has 0 radical (unpaired) electrons. The minimum atomic E-state index is -0.218. The lowest BCUT2D eigenvalue weighted by Gasteiger charge is -2.31. The van der Waals surface area contributed by atoms with Crippen molar-refractivity contribution in [3.63, 3.8) is 0 Å². The molecule has 1 aliphatic heterocycles. The van der Waals surface area contributed by atoms with Gasteiger partial charge < -0.3 is 10.2 Å². The van der Waals surface area contributed by atoms with Gasteiger partial charge in [-0.25, -0.2) is 9.97 Å². The predicted octanol–water partition coefficient (Wildman–Crippen LogP) is 2.76. The largest absolute Gasteiger partial charge is 0.342 e. The van der Waals surface area contributed by atoms with Crippen molar-refractivity contribution in [2.45, 2.75) is 32.6 Å². The maximum atomic E-state index is 12.4. The average molecular weight is 338 g/mol. The first-order valence-corrected chi connectivity index (χ1v) is 8.50. The van der Waals surface area contributed by atoms with E-state index in [0.29, 0.717) is 23.6 Å². The topological polar surface area (TPSA) is 75.2 Å². The number of piperidine rings is 1. The van der Waals surface area contributed by atoms with Gasteiger partial charge in [0.05, 0.1) is 11.3 Å². The molecule has 25 heavy (non-hydrogen) atoms. The number of hydrogen-bond acceptors (Lipinski definition) is 4. The third kappa shape index (κ3) is 4.02. The Labute approximate surface area is 147 Å². The van der Waals surface area contributed by atoms with E-state index in [0.717, 1.165) is 25.1 Å². The number of aromatic nitrogens is 2. The molecule has 3 rings (SSSR count). The van der Waals surface area contributed by atoms with Gasteiger partial charge in [-0.15, -0.1) is 0 Å². The Bertz CT molecular complexity index is 776. The second-order valence-electron chi connectivity index (χ2n) is 6.35. The number of nitrogens with one attached hydrogen (secondary N) is 1. The molecule has 0 saturated carbocycles. The smallest absolute Gasteiger partial charge is 0.259 e. The van der Waals surface area contributed by atoms with E-state index in [1.54, 1.807) is 13.1 Å². The van der Waals surface area contributed by atoms with Crippen molar-refractivity contribution in [1.82, 2.24) is 14.9 Å². The fourth-order valence-corrected chi connectivity index (χ4v) is 3.10. The lowest BCUT2D eigenvalue weighted by molar-refractivity contribution is -0.130. The Morgan fingerprint density at radius 3 is 2.68 bits per heavy atom. The minimum absolute atomic E-state index is 0.0836. The van der Waals surface area contributed by atoms with Gasteiger partial charge in [0.2, 0.25) is 5.91 Å². The summed E-state index contributed by atoms with van der Waals surface area (Å²) in [6.07, 6.45) is 3.49. The highest BCUT2D eigenvalue weighted by Crippen LogP contribution is 2.25. The Balaban J connectivity index is 1.74. The van der Waals surface area contributed by atoms with Gasteiger partial charge >= 0.3 is 0 Å². The molecule has 1 saturated heterocycles. The van der Waals surface area contributed by atoms with E-state index in [4.69, 9.17) is 0 Å². The summed E-state index contributed by atoms with van der Waals surface area (Å²) in [5, 5.41) is 2.85. The van der Waals surface area contributed by atoms with Crippen molar-refractivity contribution in [1.29, 1.82) is 0 Å². The summed E-state index contributed by atoms with van der Waals surface area (Å²) in [5.41, 5.74) is 1.85. The summed E-state index contributed by atoms with van der Waals surface area (Å²) in [7, 11) is 0. The molecule has 1 aromatic carbocycles. The van der Waals surface area contributed by atoms with E-state index >= 15 is 0 Å². The van der Waals surface area contributed by atoms with Gasteiger partial charge in [-0.1, -0.05) is 18.2 Å². The van der Waals surface area contributed by atoms with Crippen LogP contribution in [0.1, 0.15) is 47.6 Å². The van der Waals surface area contributed by atoms with Crippen molar-refractivity contribution < 1.29 is 9.59 Å². The summed E-state index contributed by atoms with van der Waals surface area (Å²) in [4.78, 5) is 34.8. The minimum Gasteiger partial charge on any atom is -0.342 e. The van der Waals surface area contributed by atoms with Crippen LogP contribution in [0.5, 0.6) is 0 Å². The van der Waals surface area contributed by atoms with Crippen molar-refractivity contribution in [3.8, 4) is 0 Å². The first-order valence-electron chi connectivity index (χ1n) is 8.50. The third-order valence-corrected chi connectivity index (χ3v) is 4.51. The summed E-state index contributed by atoms with van der Waals surface area (Å²) in [6, 6.07) is 9.30. The molecule has 1 fully saturated rings. The SMILES string of the molecule is CC(=O)N1CCCC(c2ncc(C(=O)Nc3ccccc3)c(C)n2)C1. The van der Waals surface area contributed by atoms with Gasteiger partial charge in [0, 0.05) is 37.8 Å². The van der Waals surface area contributed by atoms with E-state index in [1.807, 2.05) is 42.2 Å². The van der Waals surface area contributed by atoms with Crippen molar-refractivity contribution in [2.75, 3.05) is 18.4 Å². The molecular formula is C19H22N4O2. The number of likely N-dealkylation sites (tertiary alicyclic amines) is 1. The predicted molar refractivity (Wildman–Crippen MR) is 95.4 cm³/mol. The molecule has 130 valence electrons. The molecule has 1 unspecified atom stereocenters. The lowest BCUT2D eigenvalue weighted by Crippen LogP contribution is -2.38. The quantitative estimate of drug-likeness (QED) is 0.934. The van der Waals surface area contributed by atoms with E-state index in [-0.39, 0.29) is 17.7 Å². The molecule has 2 heterocycles. The second-order valence-corrected chi connectivity index (χ2v) is 6.35. The molecule has 1 aliphatic rings. The summed E-state index contributed by atoms with van der Waals surface area (Å²) in [6.45, 7) is 4.84. The number of anilines is 1. The summed E-state index contributed by atoms with van der Waals surface area (Å²) < 4.78 is 0. The normalized spacial score (nSPS) is 17.2. The van der Waals surface area contributed by atoms with E-state index in [1.165, 1.54) is 0 Å². The van der Waals surface area contributed by atoms with Crippen LogP contribution in [0.2, 0.25) is 0 Å². The van der Waals surface area contributed by atoms with Gasteiger partial charge in [0.1, 0.15) is 5.82 Å². The van der Waals surface area contributed by atoms with E-state index < -0.39 is 0 Å². The van der Waals surface area contributed by atoms with Gasteiger partial charge in [0.25, 0.3) is 5.91 Å². The fourth-order valence-electron chi connectivity index (χ4n) is 3.10. The molecule has 1 atom stereocenters. The van der Waals surface area contributed by atoms with Gasteiger partial charge in [-0.2, -0.15) is 0 Å². The van der Waals surface area contributed by atoms with Crippen LogP contribution in [0.15, 0.2) is 36.5 Å². The summed E-state index contributed by atoms with van der Waals surface area (Å²) in [5.74, 6) is 0.701. The Hall–Kier alpha value is -2.76. The number of carbonyl (C=O) groups is 2. The Morgan fingerprint density at radius 1 is 1.24 bits per heavy atom. The van der Waals surface area contributed by atoms with Crippen LogP contribution in [-0.4, -0.2) is 39.8 Å². The number of hydrogen-bond donors (Lipinski definition) is 1. The number of benzene rings is 1. The third-order valence-electron chi connectivity index (χ3n) is 4.51. The van der Waals surface area contributed by atoms with Gasteiger partial charge in [-0.3, -0.25) is 9.59 Å². The zero-order valence-corrected chi connectivity index (χ0v) is 14.5. The van der Waals surface area contributed by atoms with Crippen LogP contribution in [-0.2, 0) is 4.79 Å². The van der Waals surface area contributed by atoms with Gasteiger partial charge in [0.15, 0.2) is 0 Å². The maximum Gasteiger partial charge on any atom is 0.259 e. The molecule has 1 aromatic heterocycles. The highest BCUT2D eigenvalue weighted by atomic mass is 16.2. The van der Waals surface area contributed by atoms with Crippen LogP contribution < -0.4 is 5.32 Å². The molecule has 2 amide bonds. The molecule has 6 heteroatoms. The van der Waals surface area contributed by atoms with Crippen LogP contribution in [0, 0.1) is 6.92 Å². The zero-order valence-electron chi connectivity index (χ0n) is 14.5. The number of amides is 2. The molecule has 0 aliphatic carbocycles. The highest BCUT2D eigenvalue weighted by Gasteiger charge is 2.25. The first kappa shape index (κ1) is 17.1. The number of aryl methyl sites for hydroxylation is 1. The Morgan fingerprint density at radius 2 is 2.00 bits per heavy atom. The highest BCUT2D eigenvalue weighted by molar-refractivity contribution is 6.04. The van der Waals surface area contributed by atoms with Crippen molar-refractivity contribution in [3.05, 3.63) is 53.6 Å². The number of para-hydroxylation sites is 1. The molecule has 6 nitrogen and oxygen atoms in total. The maximum absolute atomic E-state index is 12.4. The molecule has 0 spiro atoms. The monoisotopic (exact) mass is 338 g/mol. The molecular weight excluding hydrogens is 316 g/mol. The summed E-state index contributed by atoms with van der Waals surface area (Å²) >= 11 is 0. The molecule has 2 aromatic rings. The van der Waals surface area contributed by atoms with Crippen LogP contribution in [0.4, 0.5) is 5.69 Å². The first-order chi connectivity index (χ1) is 12.0.